The summed E-state index contributed by atoms with van der Waals surface area (Å²) in [4.78, 5) is 30.6. The van der Waals surface area contributed by atoms with Crippen LogP contribution in [0.25, 0.3) is 0 Å². The molecule has 31 heavy (non-hydrogen) atoms. The van der Waals surface area contributed by atoms with Crippen molar-refractivity contribution in [3.8, 4) is 5.75 Å². The number of pyridine rings is 1. The Labute approximate surface area is 180 Å². The molecule has 4 rings (SSSR count). The molecule has 0 aliphatic carbocycles. The van der Waals surface area contributed by atoms with E-state index < -0.39 is 0 Å². The number of nitrogens with two attached hydrogens (primary N) is 1. The van der Waals surface area contributed by atoms with E-state index in [-0.39, 0.29) is 30.1 Å². The molecule has 0 spiro atoms. The number of amides is 2. The largest absolute Gasteiger partial charge is 0.489 e. The first-order chi connectivity index (χ1) is 15.1. The van der Waals surface area contributed by atoms with E-state index in [0.717, 1.165) is 25.2 Å². The van der Waals surface area contributed by atoms with Gasteiger partial charge in [-0.3, -0.25) is 9.59 Å². The molecular formula is C23H24N4O4. The maximum Gasteiger partial charge on any atom is 0.291 e. The highest BCUT2D eigenvalue weighted by Gasteiger charge is 2.24. The van der Waals surface area contributed by atoms with Crippen molar-refractivity contribution in [3.05, 3.63) is 72.3 Å². The number of piperidine rings is 1. The number of anilines is 2. The molecular weight excluding hydrogens is 396 g/mol. The molecule has 1 aliphatic rings. The Morgan fingerprint density at radius 1 is 1.19 bits per heavy atom. The fourth-order valence-electron chi connectivity index (χ4n) is 3.58. The fourth-order valence-corrected chi connectivity index (χ4v) is 3.58. The molecule has 1 saturated heterocycles. The van der Waals surface area contributed by atoms with Crippen LogP contribution < -0.4 is 20.7 Å². The number of primary amides is 1. The molecule has 1 aliphatic heterocycles. The Morgan fingerprint density at radius 3 is 2.77 bits per heavy atom. The average molecular weight is 420 g/mol. The Morgan fingerprint density at radius 2 is 2.03 bits per heavy atom. The summed E-state index contributed by atoms with van der Waals surface area (Å²) >= 11 is 0. The second-order valence-electron chi connectivity index (χ2n) is 7.42. The van der Waals surface area contributed by atoms with Crippen LogP contribution in [0.2, 0.25) is 0 Å². The van der Waals surface area contributed by atoms with Gasteiger partial charge in [0.2, 0.25) is 5.91 Å². The van der Waals surface area contributed by atoms with Crippen LogP contribution >= 0.6 is 0 Å². The first-order valence-electron chi connectivity index (χ1n) is 10.2. The van der Waals surface area contributed by atoms with E-state index in [1.807, 2.05) is 41.3 Å². The monoisotopic (exact) mass is 420 g/mol. The van der Waals surface area contributed by atoms with E-state index in [4.69, 9.17) is 14.9 Å². The third-order valence-corrected chi connectivity index (χ3v) is 5.24. The van der Waals surface area contributed by atoms with Gasteiger partial charge >= 0.3 is 0 Å². The van der Waals surface area contributed by atoms with Crippen LogP contribution in [0.1, 0.15) is 29.0 Å². The SMILES string of the molecule is NC(=O)C1CCCN(c2ccc(NC(=O)c3occc3COc3ccccc3)cn2)C1. The third kappa shape index (κ3) is 5.03. The van der Waals surface area contributed by atoms with E-state index in [1.54, 1.807) is 18.3 Å². The van der Waals surface area contributed by atoms with Gasteiger partial charge in [0.15, 0.2) is 5.76 Å². The number of carbonyl (C=O) groups excluding carboxylic acids is 2. The first-order valence-corrected chi connectivity index (χ1v) is 10.2. The van der Waals surface area contributed by atoms with Crippen molar-refractivity contribution in [1.82, 2.24) is 4.98 Å². The van der Waals surface area contributed by atoms with Crippen molar-refractivity contribution in [2.45, 2.75) is 19.4 Å². The van der Waals surface area contributed by atoms with Crippen LogP contribution in [0, 0.1) is 5.92 Å². The second kappa shape index (κ2) is 9.34. The van der Waals surface area contributed by atoms with Gasteiger partial charge in [-0.15, -0.1) is 0 Å². The number of ether oxygens (including phenoxy) is 1. The molecule has 8 nitrogen and oxygen atoms in total. The van der Waals surface area contributed by atoms with Crippen LogP contribution in [0.4, 0.5) is 11.5 Å². The highest BCUT2D eigenvalue weighted by Crippen LogP contribution is 2.23. The second-order valence-corrected chi connectivity index (χ2v) is 7.42. The summed E-state index contributed by atoms with van der Waals surface area (Å²) in [6.45, 7) is 1.60. The summed E-state index contributed by atoms with van der Waals surface area (Å²) in [7, 11) is 0. The lowest BCUT2D eigenvalue weighted by Gasteiger charge is -2.32. The molecule has 3 heterocycles. The number of furan rings is 1. The lowest BCUT2D eigenvalue weighted by atomic mass is 9.97. The van der Waals surface area contributed by atoms with Crippen LogP contribution in [0.3, 0.4) is 0 Å². The number of para-hydroxylation sites is 1. The predicted octanol–water partition coefficient (Wildman–Crippen LogP) is 3.21. The minimum Gasteiger partial charge on any atom is -0.489 e. The Bertz CT molecular complexity index is 1030. The van der Waals surface area contributed by atoms with Gasteiger partial charge in [0.05, 0.1) is 24.1 Å². The Kier molecular flexibility index (Phi) is 6.16. The molecule has 160 valence electrons. The molecule has 1 unspecified atom stereocenters. The lowest BCUT2D eigenvalue weighted by Crippen LogP contribution is -2.41. The van der Waals surface area contributed by atoms with Gasteiger partial charge < -0.3 is 25.1 Å². The van der Waals surface area contributed by atoms with Crippen molar-refractivity contribution < 1.29 is 18.7 Å². The van der Waals surface area contributed by atoms with Crippen molar-refractivity contribution in [1.29, 1.82) is 0 Å². The van der Waals surface area contributed by atoms with Gasteiger partial charge in [0.25, 0.3) is 5.91 Å². The van der Waals surface area contributed by atoms with Crippen molar-refractivity contribution in [2.75, 3.05) is 23.3 Å². The van der Waals surface area contributed by atoms with E-state index >= 15 is 0 Å². The Balaban J connectivity index is 1.37. The number of hydrogen-bond donors (Lipinski definition) is 2. The quantitative estimate of drug-likeness (QED) is 0.607. The summed E-state index contributed by atoms with van der Waals surface area (Å²) in [6, 6.07) is 14.7. The molecule has 2 amide bonds. The fraction of sp³-hybridized carbons (Fsp3) is 0.261. The Hall–Kier alpha value is -3.81. The summed E-state index contributed by atoms with van der Waals surface area (Å²) in [6.07, 6.45) is 4.75. The van der Waals surface area contributed by atoms with Gasteiger partial charge in [-0.25, -0.2) is 4.98 Å². The van der Waals surface area contributed by atoms with E-state index in [9.17, 15) is 9.59 Å². The molecule has 0 radical (unpaired) electrons. The molecule has 3 aromatic rings. The molecule has 0 saturated carbocycles. The molecule has 0 bridgehead atoms. The summed E-state index contributed by atoms with van der Waals surface area (Å²) in [5, 5.41) is 2.80. The number of aromatic nitrogens is 1. The van der Waals surface area contributed by atoms with Crippen LogP contribution in [0.5, 0.6) is 5.75 Å². The highest BCUT2D eigenvalue weighted by molar-refractivity contribution is 6.03. The molecule has 1 atom stereocenters. The number of benzene rings is 1. The molecule has 8 heteroatoms. The highest BCUT2D eigenvalue weighted by atomic mass is 16.5. The average Bonchev–Trinajstić information content (AvgIpc) is 3.28. The lowest BCUT2D eigenvalue weighted by molar-refractivity contribution is -0.122. The van der Waals surface area contributed by atoms with Crippen LogP contribution in [0.15, 0.2) is 65.4 Å². The maximum atomic E-state index is 12.7. The van der Waals surface area contributed by atoms with Gasteiger partial charge in [-0.1, -0.05) is 18.2 Å². The molecule has 1 aromatic carbocycles. The first kappa shape index (κ1) is 20.5. The number of hydrogen-bond acceptors (Lipinski definition) is 6. The van der Waals surface area contributed by atoms with E-state index in [0.29, 0.717) is 23.5 Å². The summed E-state index contributed by atoms with van der Waals surface area (Å²) in [5.74, 6) is 0.841. The molecule has 1 fully saturated rings. The van der Waals surface area contributed by atoms with Gasteiger partial charge in [0, 0.05) is 18.7 Å². The molecule has 2 aromatic heterocycles. The van der Waals surface area contributed by atoms with Gasteiger partial charge in [-0.05, 0) is 43.2 Å². The van der Waals surface area contributed by atoms with Gasteiger partial charge in [0.1, 0.15) is 18.2 Å². The number of nitrogens with zero attached hydrogens (tertiary/aromatic N) is 2. The summed E-state index contributed by atoms with van der Waals surface area (Å²) in [5.41, 5.74) is 6.64. The zero-order valence-corrected chi connectivity index (χ0v) is 17.0. The van der Waals surface area contributed by atoms with Crippen LogP contribution in [-0.2, 0) is 11.4 Å². The maximum absolute atomic E-state index is 12.7. The van der Waals surface area contributed by atoms with E-state index in [1.165, 1.54) is 6.26 Å². The zero-order valence-electron chi connectivity index (χ0n) is 17.0. The van der Waals surface area contributed by atoms with Crippen molar-refractivity contribution in [2.24, 2.45) is 11.7 Å². The zero-order chi connectivity index (χ0) is 21.6. The van der Waals surface area contributed by atoms with Crippen molar-refractivity contribution in [3.63, 3.8) is 0 Å². The molecule has 3 N–H and O–H groups in total. The standard InChI is InChI=1S/C23H24N4O4/c24-22(28)16-5-4-11-27(14-16)20-9-8-18(13-25-20)26-23(29)21-17(10-12-30-21)15-31-19-6-2-1-3-7-19/h1-3,6-10,12-13,16H,4-5,11,14-15H2,(H2,24,28)(H,26,29). The number of carbonyl (C=O) groups is 2. The van der Waals surface area contributed by atoms with Crippen molar-refractivity contribution >= 4 is 23.3 Å². The topological polar surface area (TPSA) is 111 Å². The summed E-state index contributed by atoms with van der Waals surface area (Å²) < 4.78 is 11.1. The minimum atomic E-state index is -0.377. The number of nitrogens with one attached hydrogen (secondary N) is 1. The van der Waals surface area contributed by atoms with Gasteiger partial charge in [-0.2, -0.15) is 0 Å². The normalized spacial score (nSPS) is 16.0. The third-order valence-electron chi connectivity index (χ3n) is 5.24. The number of rotatable bonds is 7. The van der Waals surface area contributed by atoms with E-state index in [2.05, 4.69) is 10.3 Å². The van der Waals surface area contributed by atoms with Crippen LogP contribution in [-0.4, -0.2) is 29.9 Å². The smallest absolute Gasteiger partial charge is 0.291 e. The minimum absolute atomic E-state index is 0.162. The predicted molar refractivity (Wildman–Crippen MR) is 116 cm³/mol.